The van der Waals surface area contributed by atoms with Gasteiger partial charge in [-0.15, -0.1) is 11.3 Å². The molecule has 0 saturated carbocycles. The first-order valence-corrected chi connectivity index (χ1v) is 8.61. The largest absolute Gasteiger partial charge is 0.444 e. The zero-order valence-electron chi connectivity index (χ0n) is 14.0. The Hall–Kier alpha value is -2.51. The second-order valence-electron chi connectivity index (χ2n) is 6.47. The number of rotatable bonds is 1. The van der Waals surface area contributed by atoms with Crippen LogP contribution in [0.15, 0.2) is 42.5 Å². The van der Waals surface area contributed by atoms with E-state index in [4.69, 9.17) is 4.74 Å². The highest BCUT2D eigenvalue weighted by Gasteiger charge is 2.15. The number of alkyl carbamates (subject to hydrolysis) is 1. The molecule has 0 fully saturated rings. The number of carbonyl (C=O) groups is 1. The fourth-order valence-corrected chi connectivity index (χ4v) is 3.47. The third-order valence-electron chi connectivity index (χ3n) is 3.33. The van der Waals surface area contributed by atoms with Gasteiger partial charge in [-0.25, -0.2) is 4.79 Å². The Morgan fingerprint density at radius 1 is 1.12 bits per heavy atom. The molecule has 1 aromatic heterocycles. The van der Waals surface area contributed by atoms with E-state index in [1.807, 2.05) is 26.8 Å². The first kappa shape index (κ1) is 16.4. The highest BCUT2D eigenvalue weighted by molar-refractivity contribution is 7.25. The lowest BCUT2D eigenvalue weighted by atomic mass is 10.1. The summed E-state index contributed by atoms with van der Waals surface area (Å²) in [6.07, 6.45) is -0.448. The van der Waals surface area contributed by atoms with Crippen LogP contribution in [0.3, 0.4) is 0 Å². The van der Waals surface area contributed by atoms with Crippen molar-refractivity contribution in [2.45, 2.75) is 26.4 Å². The zero-order valence-corrected chi connectivity index (χ0v) is 14.8. The molecular weight excluding hydrogens is 318 g/mol. The van der Waals surface area contributed by atoms with Gasteiger partial charge in [0.25, 0.3) is 0 Å². The summed E-state index contributed by atoms with van der Waals surface area (Å²) < 4.78 is 7.71. The maximum absolute atomic E-state index is 11.6. The van der Waals surface area contributed by atoms with Crippen molar-refractivity contribution in [3.63, 3.8) is 0 Å². The van der Waals surface area contributed by atoms with Crippen LogP contribution in [-0.2, 0) is 4.74 Å². The number of nitrogens with one attached hydrogen (secondary N) is 1. The van der Waals surface area contributed by atoms with E-state index in [0.717, 1.165) is 5.56 Å². The quantitative estimate of drug-likeness (QED) is 0.639. The SMILES string of the molecule is CC(C)(C)OC(=O)NCC#Cc1ccc2sc3ccccc3c2c1. The van der Waals surface area contributed by atoms with Gasteiger partial charge in [-0.1, -0.05) is 30.0 Å². The summed E-state index contributed by atoms with van der Waals surface area (Å²) in [5, 5.41) is 5.12. The van der Waals surface area contributed by atoms with Crippen LogP contribution in [0.5, 0.6) is 0 Å². The van der Waals surface area contributed by atoms with Crippen LogP contribution in [0.2, 0.25) is 0 Å². The van der Waals surface area contributed by atoms with Gasteiger partial charge in [-0.3, -0.25) is 0 Å². The Balaban J connectivity index is 1.72. The summed E-state index contributed by atoms with van der Waals surface area (Å²) in [5.74, 6) is 6.06. The second kappa shape index (κ2) is 6.54. The van der Waals surface area contributed by atoms with Crippen LogP contribution >= 0.6 is 11.3 Å². The number of thiophene rings is 1. The number of ether oxygens (including phenoxy) is 1. The predicted molar refractivity (Wildman–Crippen MR) is 100 cm³/mol. The Bertz CT molecular complexity index is 954. The van der Waals surface area contributed by atoms with Gasteiger partial charge < -0.3 is 10.1 Å². The van der Waals surface area contributed by atoms with Crippen molar-refractivity contribution in [1.82, 2.24) is 5.32 Å². The minimum absolute atomic E-state index is 0.261. The van der Waals surface area contributed by atoms with Crippen molar-refractivity contribution in [3.8, 4) is 11.8 Å². The zero-order chi connectivity index (χ0) is 17.2. The lowest BCUT2D eigenvalue weighted by molar-refractivity contribution is 0.0535. The molecule has 0 bridgehead atoms. The van der Waals surface area contributed by atoms with Crippen LogP contribution in [0.1, 0.15) is 26.3 Å². The van der Waals surface area contributed by atoms with Gasteiger partial charge in [-0.05, 0) is 45.0 Å². The molecule has 0 aliphatic carbocycles. The number of fused-ring (bicyclic) bond motifs is 3. The Morgan fingerprint density at radius 3 is 2.67 bits per heavy atom. The molecule has 1 amide bonds. The summed E-state index contributed by atoms with van der Waals surface area (Å²) in [7, 11) is 0. The van der Waals surface area contributed by atoms with Gasteiger partial charge in [0.1, 0.15) is 5.60 Å². The molecule has 4 heteroatoms. The molecule has 1 heterocycles. The average molecular weight is 337 g/mol. The van der Waals surface area contributed by atoms with E-state index in [0.29, 0.717) is 0 Å². The molecule has 0 unspecified atom stereocenters. The fourth-order valence-electron chi connectivity index (χ4n) is 2.38. The van der Waals surface area contributed by atoms with Gasteiger partial charge in [0, 0.05) is 25.7 Å². The number of hydrogen-bond donors (Lipinski definition) is 1. The minimum Gasteiger partial charge on any atom is -0.444 e. The third kappa shape index (κ3) is 3.87. The van der Waals surface area contributed by atoms with Gasteiger partial charge >= 0.3 is 6.09 Å². The van der Waals surface area contributed by atoms with Gasteiger partial charge in [0.05, 0.1) is 6.54 Å². The maximum atomic E-state index is 11.6. The number of amides is 1. The number of carbonyl (C=O) groups excluding carboxylic acids is 1. The highest BCUT2D eigenvalue weighted by atomic mass is 32.1. The van der Waals surface area contributed by atoms with E-state index in [-0.39, 0.29) is 6.54 Å². The van der Waals surface area contributed by atoms with E-state index >= 15 is 0 Å². The lowest BCUT2D eigenvalue weighted by Gasteiger charge is -2.18. The van der Waals surface area contributed by atoms with Crippen molar-refractivity contribution in [3.05, 3.63) is 48.0 Å². The molecule has 0 spiro atoms. The molecule has 0 aliphatic rings. The van der Waals surface area contributed by atoms with Gasteiger partial charge in [0.2, 0.25) is 0 Å². The Kier molecular flexibility index (Phi) is 4.46. The first-order chi connectivity index (χ1) is 11.4. The van der Waals surface area contributed by atoms with Crippen LogP contribution in [0.25, 0.3) is 20.2 Å². The molecule has 2 aromatic carbocycles. The fraction of sp³-hybridized carbons (Fsp3) is 0.250. The molecule has 3 rings (SSSR count). The van der Waals surface area contributed by atoms with Crippen LogP contribution in [0, 0.1) is 11.8 Å². The van der Waals surface area contributed by atoms with Crippen molar-refractivity contribution >= 4 is 37.6 Å². The molecule has 0 aliphatic heterocycles. The summed E-state index contributed by atoms with van der Waals surface area (Å²) >= 11 is 1.79. The number of hydrogen-bond acceptors (Lipinski definition) is 3. The van der Waals surface area contributed by atoms with Crippen LogP contribution in [0.4, 0.5) is 4.79 Å². The molecular formula is C20H19NO2S. The van der Waals surface area contributed by atoms with Crippen LogP contribution in [-0.4, -0.2) is 18.2 Å². The minimum atomic E-state index is -0.497. The molecule has 0 radical (unpaired) electrons. The van der Waals surface area contributed by atoms with E-state index < -0.39 is 11.7 Å². The molecule has 122 valence electrons. The highest BCUT2D eigenvalue weighted by Crippen LogP contribution is 2.33. The summed E-state index contributed by atoms with van der Waals surface area (Å²) in [6.45, 7) is 5.76. The van der Waals surface area contributed by atoms with Crippen molar-refractivity contribution < 1.29 is 9.53 Å². The predicted octanol–water partition coefficient (Wildman–Crippen LogP) is 4.93. The van der Waals surface area contributed by atoms with Crippen molar-refractivity contribution in [2.24, 2.45) is 0 Å². The molecule has 3 aromatic rings. The molecule has 1 N–H and O–H groups in total. The maximum Gasteiger partial charge on any atom is 0.408 e. The Labute approximate surface area is 145 Å². The second-order valence-corrected chi connectivity index (χ2v) is 7.55. The topological polar surface area (TPSA) is 38.3 Å². The van der Waals surface area contributed by atoms with E-state index in [1.54, 1.807) is 11.3 Å². The monoisotopic (exact) mass is 337 g/mol. The first-order valence-electron chi connectivity index (χ1n) is 7.79. The van der Waals surface area contributed by atoms with Crippen LogP contribution < -0.4 is 5.32 Å². The normalized spacial score (nSPS) is 11.1. The van der Waals surface area contributed by atoms with E-state index in [2.05, 4.69) is 53.6 Å². The van der Waals surface area contributed by atoms with Crippen molar-refractivity contribution in [2.75, 3.05) is 6.54 Å². The Morgan fingerprint density at radius 2 is 1.88 bits per heavy atom. The van der Waals surface area contributed by atoms with E-state index in [9.17, 15) is 4.79 Å². The summed E-state index contributed by atoms with van der Waals surface area (Å²) in [4.78, 5) is 11.6. The van der Waals surface area contributed by atoms with Gasteiger partial charge in [-0.2, -0.15) is 0 Å². The number of benzene rings is 2. The van der Waals surface area contributed by atoms with Crippen molar-refractivity contribution in [1.29, 1.82) is 0 Å². The molecule has 3 nitrogen and oxygen atoms in total. The molecule has 0 atom stereocenters. The lowest BCUT2D eigenvalue weighted by Crippen LogP contribution is -2.32. The summed E-state index contributed by atoms with van der Waals surface area (Å²) in [5.41, 5.74) is 0.444. The molecule has 0 saturated heterocycles. The standard InChI is InChI=1S/C20H19NO2S/c1-20(2,3)23-19(22)21-12-6-7-14-10-11-18-16(13-14)15-8-4-5-9-17(15)24-18/h4-5,8-11,13H,12H2,1-3H3,(H,21,22). The van der Waals surface area contributed by atoms with Gasteiger partial charge in [0.15, 0.2) is 0 Å². The summed E-state index contributed by atoms with van der Waals surface area (Å²) in [6, 6.07) is 14.6. The third-order valence-corrected chi connectivity index (χ3v) is 4.48. The van der Waals surface area contributed by atoms with E-state index in [1.165, 1.54) is 20.2 Å². The average Bonchev–Trinajstić information content (AvgIpc) is 2.88. The smallest absolute Gasteiger partial charge is 0.408 e. The molecule has 24 heavy (non-hydrogen) atoms.